The Kier molecular flexibility index (Phi) is 10.8. The predicted molar refractivity (Wildman–Crippen MR) is 155 cm³/mol. The van der Waals surface area contributed by atoms with Crippen molar-refractivity contribution in [2.75, 3.05) is 11.3 Å². The van der Waals surface area contributed by atoms with Crippen LogP contribution in [0.25, 0.3) is 0 Å². The van der Waals surface area contributed by atoms with Gasteiger partial charge in [-0.2, -0.15) is 0 Å². The highest BCUT2D eigenvalue weighted by atomic mass is 32.2. The second-order valence-electron chi connectivity index (χ2n) is 11.6. The molecule has 1 atom stereocenters. The van der Waals surface area contributed by atoms with Gasteiger partial charge in [-0.3, -0.25) is 23.8 Å². The smallest absolute Gasteiger partial charge is 0.326 e. The van der Waals surface area contributed by atoms with Crippen molar-refractivity contribution in [2.24, 2.45) is 0 Å². The van der Waals surface area contributed by atoms with E-state index in [0.29, 0.717) is 43.4 Å². The number of carbonyl (C=O) groups excluding carboxylic acids is 2. The summed E-state index contributed by atoms with van der Waals surface area (Å²) in [5, 5.41) is 0. The number of esters is 2. The van der Waals surface area contributed by atoms with Crippen molar-refractivity contribution in [3.8, 4) is 0 Å². The van der Waals surface area contributed by atoms with Crippen LogP contribution in [0, 0.1) is 0 Å². The number of aromatic nitrogens is 4. The normalized spacial score (nSPS) is 12.8. The zero-order chi connectivity index (χ0) is 30.2. The molecule has 2 aromatic heterocycles. The van der Waals surface area contributed by atoms with Crippen molar-refractivity contribution in [3.05, 3.63) is 66.3 Å². The minimum Gasteiger partial charge on any atom is -0.459 e. The number of benzene rings is 1. The Morgan fingerprint density at radius 1 is 0.878 bits per heavy atom. The number of hydrogen-bond acceptors (Lipinski definition) is 8. The number of anilines is 1. The molecule has 3 aromatic rings. The number of carbonyl (C=O) groups is 2. The highest BCUT2D eigenvalue weighted by Gasteiger charge is 2.21. The summed E-state index contributed by atoms with van der Waals surface area (Å²) in [4.78, 5) is 36.1. The van der Waals surface area contributed by atoms with Gasteiger partial charge in [-0.15, -0.1) is 0 Å². The van der Waals surface area contributed by atoms with Crippen LogP contribution < -0.4 is 4.72 Å². The van der Waals surface area contributed by atoms with Gasteiger partial charge in [0.25, 0.3) is 11.3 Å². The minimum atomic E-state index is -2.14. The van der Waals surface area contributed by atoms with Gasteiger partial charge in [-0.05, 0) is 65.7 Å². The molecule has 0 spiro atoms. The zero-order valence-electron chi connectivity index (χ0n) is 24.5. The van der Waals surface area contributed by atoms with E-state index in [4.69, 9.17) is 14.0 Å². The first-order chi connectivity index (χ1) is 19.2. The van der Waals surface area contributed by atoms with Gasteiger partial charge in [0.15, 0.2) is 0 Å². The SMILES string of the molecule is CC(C)(C)OC(=O)Cn1ccnc1CN(CCc1ccc(NS(=O)O)cc1)Cc1nccn1CC(=O)OC(C)(C)C. The maximum atomic E-state index is 12.5. The highest BCUT2D eigenvalue weighted by molar-refractivity contribution is 7.80. The van der Waals surface area contributed by atoms with Crippen LogP contribution in [-0.4, -0.2) is 62.4 Å². The number of nitrogens with zero attached hydrogens (tertiary/aromatic N) is 5. The molecule has 0 amide bonds. The van der Waals surface area contributed by atoms with E-state index in [1.807, 2.05) is 53.7 Å². The third-order valence-corrected chi connectivity index (χ3v) is 6.06. The summed E-state index contributed by atoms with van der Waals surface area (Å²) in [5.74, 6) is 0.666. The molecule has 2 N–H and O–H groups in total. The number of nitrogens with one attached hydrogen (secondary N) is 1. The van der Waals surface area contributed by atoms with Crippen molar-refractivity contribution in [1.29, 1.82) is 0 Å². The molecule has 3 rings (SSSR count). The molecule has 1 aromatic carbocycles. The van der Waals surface area contributed by atoms with Crippen molar-refractivity contribution in [2.45, 2.75) is 85.3 Å². The van der Waals surface area contributed by atoms with Crippen molar-refractivity contribution >= 4 is 28.9 Å². The summed E-state index contributed by atoms with van der Waals surface area (Å²) in [7, 11) is 0. The number of rotatable bonds is 13. The van der Waals surface area contributed by atoms with Gasteiger partial charge in [0.05, 0.1) is 13.1 Å². The highest BCUT2D eigenvalue weighted by Crippen LogP contribution is 2.15. The Hall–Kier alpha value is -3.55. The molecule has 41 heavy (non-hydrogen) atoms. The Morgan fingerprint density at radius 2 is 1.34 bits per heavy atom. The zero-order valence-corrected chi connectivity index (χ0v) is 25.3. The van der Waals surface area contributed by atoms with Gasteiger partial charge in [0, 0.05) is 37.0 Å². The fraction of sp³-hybridized carbons (Fsp3) is 0.500. The van der Waals surface area contributed by atoms with E-state index in [2.05, 4.69) is 19.6 Å². The molecular weight excluding hydrogens is 548 g/mol. The number of hydrogen-bond donors (Lipinski definition) is 2. The lowest BCUT2D eigenvalue weighted by atomic mass is 10.1. The monoisotopic (exact) mass is 588 g/mol. The van der Waals surface area contributed by atoms with E-state index in [1.54, 1.807) is 46.1 Å². The summed E-state index contributed by atoms with van der Waals surface area (Å²) in [6.07, 6.45) is 7.47. The molecule has 0 fully saturated rings. The third kappa shape index (κ3) is 11.5. The first kappa shape index (κ1) is 32.0. The lowest BCUT2D eigenvalue weighted by molar-refractivity contribution is -0.156. The van der Waals surface area contributed by atoms with E-state index in [1.165, 1.54) is 0 Å². The molecule has 224 valence electrons. The molecular formula is C28H40N6O6S. The van der Waals surface area contributed by atoms with Crippen LogP contribution in [0.5, 0.6) is 0 Å². The maximum Gasteiger partial charge on any atom is 0.326 e. The average Bonchev–Trinajstić information content (AvgIpc) is 3.44. The summed E-state index contributed by atoms with van der Waals surface area (Å²) in [6, 6.07) is 7.27. The molecule has 0 saturated carbocycles. The van der Waals surface area contributed by atoms with Crippen LogP contribution in [0.3, 0.4) is 0 Å². The van der Waals surface area contributed by atoms with Crippen LogP contribution in [0.2, 0.25) is 0 Å². The molecule has 0 radical (unpaired) electrons. The summed E-state index contributed by atoms with van der Waals surface area (Å²) in [5.41, 5.74) is 0.386. The fourth-order valence-electron chi connectivity index (χ4n) is 4.04. The summed E-state index contributed by atoms with van der Waals surface area (Å²) < 4.78 is 37.0. The lowest BCUT2D eigenvalue weighted by Crippen LogP contribution is -2.31. The largest absolute Gasteiger partial charge is 0.459 e. The maximum absolute atomic E-state index is 12.5. The second kappa shape index (κ2) is 13.9. The lowest BCUT2D eigenvalue weighted by Gasteiger charge is -2.24. The van der Waals surface area contributed by atoms with Gasteiger partial charge in [-0.25, -0.2) is 14.2 Å². The van der Waals surface area contributed by atoms with Crippen LogP contribution in [-0.2, 0) is 62.9 Å². The standard InChI is InChI=1S/C28H40N6O6S/c1-27(2,3)39-25(35)19-33-15-12-29-23(33)17-32(14-11-21-7-9-22(10-8-21)31-41(37)38)18-24-30-13-16-34(24)20-26(36)40-28(4,5)6/h7-10,12-13,15-16,31H,11,14,17-20H2,1-6H3,(H,37,38). The van der Waals surface area contributed by atoms with Gasteiger partial charge < -0.3 is 18.6 Å². The van der Waals surface area contributed by atoms with Gasteiger partial charge >= 0.3 is 11.9 Å². The third-order valence-electron chi connectivity index (χ3n) is 5.65. The molecule has 12 nitrogen and oxygen atoms in total. The molecule has 13 heteroatoms. The molecule has 0 saturated heterocycles. The van der Waals surface area contributed by atoms with E-state index >= 15 is 0 Å². The van der Waals surface area contributed by atoms with Gasteiger partial charge in [0.2, 0.25) is 0 Å². The number of imidazole rings is 2. The van der Waals surface area contributed by atoms with E-state index in [0.717, 1.165) is 5.56 Å². The predicted octanol–water partition coefficient (Wildman–Crippen LogP) is 3.56. The van der Waals surface area contributed by atoms with Gasteiger partial charge in [-0.1, -0.05) is 12.1 Å². The van der Waals surface area contributed by atoms with Crippen LogP contribution >= 0.6 is 0 Å². The summed E-state index contributed by atoms with van der Waals surface area (Å²) in [6.45, 7) is 12.5. The molecule has 2 heterocycles. The van der Waals surface area contributed by atoms with Crippen LogP contribution in [0.4, 0.5) is 5.69 Å². The van der Waals surface area contributed by atoms with Crippen LogP contribution in [0.1, 0.15) is 58.8 Å². The van der Waals surface area contributed by atoms with E-state index in [-0.39, 0.29) is 25.0 Å². The topological polar surface area (TPSA) is 141 Å². The van der Waals surface area contributed by atoms with Crippen molar-refractivity contribution < 1.29 is 27.8 Å². The first-order valence-corrected chi connectivity index (χ1v) is 14.4. The first-order valence-electron chi connectivity index (χ1n) is 13.3. The Bertz CT molecular complexity index is 1250. The van der Waals surface area contributed by atoms with Crippen molar-refractivity contribution in [3.63, 3.8) is 0 Å². The molecule has 1 unspecified atom stereocenters. The van der Waals surface area contributed by atoms with Crippen molar-refractivity contribution in [1.82, 2.24) is 24.0 Å². The Labute approximate surface area is 243 Å². The second-order valence-corrected chi connectivity index (χ2v) is 12.3. The fourth-order valence-corrected chi connectivity index (χ4v) is 4.38. The van der Waals surface area contributed by atoms with Crippen LogP contribution in [0.15, 0.2) is 49.1 Å². The summed E-state index contributed by atoms with van der Waals surface area (Å²) >= 11 is -2.14. The average molecular weight is 589 g/mol. The Morgan fingerprint density at radius 3 is 1.76 bits per heavy atom. The minimum absolute atomic E-state index is 0.0361. The van der Waals surface area contributed by atoms with E-state index in [9.17, 15) is 13.8 Å². The molecule has 0 bridgehead atoms. The molecule has 0 aliphatic rings. The Balaban J connectivity index is 1.77. The quantitative estimate of drug-likeness (QED) is 0.226. The van der Waals surface area contributed by atoms with Gasteiger partial charge in [0.1, 0.15) is 35.9 Å². The molecule has 0 aliphatic carbocycles. The molecule has 0 aliphatic heterocycles. The van der Waals surface area contributed by atoms with E-state index < -0.39 is 22.5 Å². The number of ether oxygens (including phenoxy) is 2.